The van der Waals surface area contributed by atoms with E-state index in [9.17, 15) is 13.9 Å². The van der Waals surface area contributed by atoms with E-state index in [0.29, 0.717) is 5.56 Å². The van der Waals surface area contributed by atoms with Gasteiger partial charge in [-0.25, -0.2) is 8.78 Å². The van der Waals surface area contributed by atoms with E-state index in [2.05, 4.69) is 0 Å². The van der Waals surface area contributed by atoms with Crippen molar-refractivity contribution < 1.29 is 13.9 Å². The lowest BCUT2D eigenvalue weighted by Crippen LogP contribution is -2.05. The van der Waals surface area contributed by atoms with Crippen molar-refractivity contribution in [3.05, 3.63) is 35.4 Å². The summed E-state index contributed by atoms with van der Waals surface area (Å²) < 4.78 is 24.2. The summed E-state index contributed by atoms with van der Waals surface area (Å²) in [6.07, 6.45) is -1.07. The van der Waals surface area contributed by atoms with Gasteiger partial charge in [-0.05, 0) is 24.0 Å². The Hall–Kier alpha value is -0.960. The molecule has 0 radical (unpaired) electrons. The Morgan fingerprint density at radius 2 is 2.07 bits per heavy atom. The summed E-state index contributed by atoms with van der Waals surface area (Å²) in [5, 5.41) is 9.77. The van der Waals surface area contributed by atoms with Crippen LogP contribution in [0.2, 0.25) is 0 Å². The van der Waals surface area contributed by atoms with Crippen molar-refractivity contribution in [2.24, 2.45) is 0 Å². The molecule has 0 atom stereocenters. The fourth-order valence-electron chi connectivity index (χ4n) is 1.57. The topological polar surface area (TPSA) is 20.2 Å². The molecule has 1 aromatic rings. The monoisotopic (exact) mass is 198 g/mol. The van der Waals surface area contributed by atoms with E-state index < -0.39 is 12.0 Å². The fourth-order valence-corrected chi connectivity index (χ4v) is 1.57. The van der Waals surface area contributed by atoms with Gasteiger partial charge in [0.05, 0.1) is 5.60 Å². The van der Waals surface area contributed by atoms with E-state index >= 15 is 0 Å². The van der Waals surface area contributed by atoms with Crippen molar-refractivity contribution in [2.45, 2.75) is 31.3 Å². The molecular weight excluding hydrogens is 186 g/mol. The van der Waals surface area contributed by atoms with Crippen LogP contribution in [0.25, 0.3) is 0 Å². The van der Waals surface area contributed by atoms with Crippen LogP contribution in [0.1, 0.15) is 24.0 Å². The Morgan fingerprint density at radius 3 is 2.64 bits per heavy atom. The first kappa shape index (κ1) is 9.59. The minimum absolute atomic E-state index is 0.232. The number of aliphatic hydroxyl groups is 1. The Kier molecular flexibility index (Phi) is 2.27. The summed E-state index contributed by atoms with van der Waals surface area (Å²) in [6, 6.07) is 6.87. The molecule has 2 rings (SSSR count). The van der Waals surface area contributed by atoms with Crippen LogP contribution in [0.3, 0.4) is 0 Å². The molecule has 0 unspecified atom stereocenters. The van der Waals surface area contributed by atoms with Gasteiger partial charge in [-0.1, -0.05) is 24.3 Å². The normalized spacial score (nSPS) is 18.6. The molecule has 1 nitrogen and oxygen atoms in total. The molecule has 1 aromatic carbocycles. The molecule has 0 saturated heterocycles. The number of hydrogen-bond acceptors (Lipinski definition) is 1. The zero-order valence-corrected chi connectivity index (χ0v) is 7.71. The first-order valence-electron chi connectivity index (χ1n) is 4.70. The second kappa shape index (κ2) is 3.31. The highest BCUT2D eigenvalue weighted by molar-refractivity contribution is 5.31. The van der Waals surface area contributed by atoms with E-state index in [4.69, 9.17) is 0 Å². The zero-order chi connectivity index (χ0) is 10.2. The van der Waals surface area contributed by atoms with E-state index in [-0.39, 0.29) is 6.42 Å². The SMILES string of the molecule is OC1(c2cccc(CC(F)F)c2)CC1. The highest BCUT2D eigenvalue weighted by Gasteiger charge is 2.42. The molecule has 0 spiro atoms. The quantitative estimate of drug-likeness (QED) is 0.791. The predicted molar refractivity (Wildman–Crippen MR) is 49.3 cm³/mol. The molecule has 1 N–H and O–H groups in total. The van der Waals surface area contributed by atoms with Crippen molar-refractivity contribution in [1.82, 2.24) is 0 Å². The Morgan fingerprint density at radius 1 is 1.36 bits per heavy atom. The second-order valence-corrected chi connectivity index (χ2v) is 3.83. The zero-order valence-electron chi connectivity index (χ0n) is 7.71. The molecular formula is C11H12F2O. The number of rotatable bonds is 3. The maximum Gasteiger partial charge on any atom is 0.242 e. The third kappa shape index (κ3) is 1.93. The lowest BCUT2D eigenvalue weighted by Gasteiger charge is -2.09. The molecule has 1 aliphatic carbocycles. The largest absolute Gasteiger partial charge is 0.385 e. The van der Waals surface area contributed by atoms with Crippen LogP contribution in [-0.4, -0.2) is 11.5 Å². The van der Waals surface area contributed by atoms with Crippen LogP contribution < -0.4 is 0 Å². The van der Waals surface area contributed by atoms with Gasteiger partial charge in [0, 0.05) is 6.42 Å². The van der Waals surface area contributed by atoms with Crippen LogP contribution in [0.15, 0.2) is 24.3 Å². The van der Waals surface area contributed by atoms with Crippen LogP contribution in [-0.2, 0) is 12.0 Å². The third-order valence-corrected chi connectivity index (χ3v) is 2.58. The lowest BCUT2D eigenvalue weighted by atomic mass is 10.0. The fraction of sp³-hybridized carbons (Fsp3) is 0.455. The molecule has 0 amide bonds. The number of halogens is 2. The highest BCUT2D eigenvalue weighted by atomic mass is 19.3. The van der Waals surface area contributed by atoms with E-state index in [1.165, 1.54) is 0 Å². The standard InChI is InChI=1S/C11H12F2O/c12-10(13)7-8-2-1-3-9(6-8)11(14)4-5-11/h1-3,6,10,14H,4-5,7H2. The molecule has 1 fully saturated rings. The number of hydrogen-bond donors (Lipinski definition) is 1. The molecule has 1 aliphatic rings. The van der Waals surface area contributed by atoms with Gasteiger partial charge in [0.15, 0.2) is 0 Å². The van der Waals surface area contributed by atoms with Crippen molar-refractivity contribution in [3.8, 4) is 0 Å². The molecule has 3 heteroatoms. The minimum Gasteiger partial charge on any atom is -0.385 e. The molecule has 1 saturated carbocycles. The molecule has 0 heterocycles. The van der Waals surface area contributed by atoms with Crippen LogP contribution in [0.5, 0.6) is 0 Å². The molecule has 14 heavy (non-hydrogen) atoms. The van der Waals surface area contributed by atoms with Crippen molar-refractivity contribution in [3.63, 3.8) is 0 Å². The second-order valence-electron chi connectivity index (χ2n) is 3.83. The summed E-state index contributed by atoms with van der Waals surface area (Å²) in [6.45, 7) is 0. The average Bonchev–Trinajstić information content (AvgIpc) is 2.84. The van der Waals surface area contributed by atoms with Gasteiger partial charge >= 0.3 is 0 Å². The van der Waals surface area contributed by atoms with Crippen LogP contribution in [0, 0.1) is 0 Å². The summed E-state index contributed by atoms with van der Waals surface area (Å²) >= 11 is 0. The minimum atomic E-state index is -2.32. The molecule has 0 bridgehead atoms. The van der Waals surface area contributed by atoms with Gasteiger partial charge in [0.2, 0.25) is 6.43 Å². The predicted octanol–water partition coefficient (Wildman–Crippen LogP) is 2.48. The van der Waals surface area contributed by atoms with E-state index in [1.54, 1.807) is 24.3 Å². The number of alkyl halides is 2. The molecule has 76 valence electrons. The van der Waals surface area contributed by atoms with Gasteiger partial charge in [-0.2, -0.15) is 0 Å². The summed E-state index contributed by atoms with van der Waals surface area (Å²) in [5.41, 5.74) is 0.645. The van der Waals surface area contributed by atoms with Crippen molar-refractivity contribution in [1.29, 1.82) is 0 Å². The molecule has 0 aromatic heterocycles. The lowest BCUT2D eigenvalue weighted by molar-refractivity contribution is 0.146. The Labute approximate surface area is 81.4 Å². The first-order chi connectivity index (χ1) is 6.60. The first-order valence-corrected chi connectivity index (χ1v) is 4.70. The van der Waals surface area contributed by atoms with Gasteiger partial charge < -0.3 is 5.11 Å². The Bertz CT molecular complexity index is 332. The maximum atomic E-state index is 12.1. The Balaban J connectivity index is 2.19. The van der Waals surface area contributed by atoms with Crippen LogP contribution >= 0.6 is 0 Å². The van der Waals surface area contributed by atoms with Gasteiger partial charge in [-0.3, -0.25) is 0 Å². The average molecular weight is 198 g/mol. The summed E-state index contributed by atoms with van der Waals surface area (Å²) in [4.78, 5) is 0. The van der Waals surface area contributed by atoms with E-state index in [0.717, 1.165) is 18.4 Å². The summed E-state index contributed by atoms with van der Waals surface area (Å²) in [5.74, 6) is 0. The highest BCUT2D eigenvalue weighted by Crippen LogP contribution is 2.45. The van der Waals surface area contributed by atoms with Crippen LogP contribution in [0.4, 0.5) is 8.78 Å². The maximum absolute atomic E-state index is 12.1. The van der Waals surface area contributed by atoms with Crippen molar-refractivity contribution in [2.75, 3.05) is 0 Å². The molecule has 0 aliphatic heterocycles. The number of benzene rings is 1. The third-order valence-electron chi connectivity index (χ3n) is 2.58. The smallest absolute Gasteiger partial charge is 0.242 e. The van der Waals surface area contributed by atoms with Crippen molar-refractivity contribution >= 4 is 0 Å². The van der Waals surface area contributed by atoms with Gasteiger partial charge in [-0.15, -0.1) is 0 Å². The summed E-state index contributed by atoms with van der Waals surface area (Å²) in [7, 11) is 0. The van der Waals surface area contributed by atoms with E-state index in [1.807, 2.05) is 0 Å². The van der Waals surface area contributed by atoms with Gasteiger partial charge in [0.1, 0.15) is 0 Å². The van der Waals surface area contributed by atoms with Gasteiger partial charge in [0.25, 0.3) is 0 Å².